The summed E-state index contributed by atoms with van der Waals surface area (Å²) < 4.78 is 2.09. The Labute approximate surface area is 162 Å². The van der Waals surface area contributed by atoms with E-state index in [2.05, 4.69) is 57.5 Å². The van der Waals surface area contributed by atoms with Gasteiger partial charge >= 0.3 is 0 Å². The van der Waals surface area contributed by atoms with E-state index >= 15 is 0 Å². The highest BCUT2D eigenvalue weighted by molar-refractivity contribution is 5.24. The minimum atomic E-state index is 0.224. The van der Waals surface area contributed by atoms with Crippen molar-refractivity contribution in [1.82, 2.24) is 24.6 Å². The largest absolute Gasteiger partial charge is 0.396 e. The first-order chi connectivity index (χ1) is 13.0. The number of nitrogens with zero attached hydrogens (tertiary/aromatic N) is 5. The van der Waals surface area contributed by atoms with Gasteiger partial charge < -0.3 is 5.11 Å². The van der Waals surface area contributed by atoms with Crippen LogP contribution in [0.2, 0.25) is 0 Å². The number of hydrogen-bond donors (Lipinski definition) is 1. The molecule has 1 saturated heterocycles. The highest BCUT2D eigenvalue weighted by Gasteiger charge is 2.28. The third-order valence-electron chi connectivity index (χ3n) is 5.67. The van der Waals surface area contributed by atoms with Crippen molar-refractivity contribution >= 4 is 0 Å². The molecule has 0 bridgehead atoms. The van der Waals surface area contributed by atoms with E-state index in [4.69, 9.17) is 0 Å². The molecule has 3 heterocycles. The lowest BCUT2D eigenvalue weighted by Gasteiger charge is -2.41. The summed E-state index contributed by atoms with van der Waals surface area (Å²) in [5, 5.41) is 14.2. The zero-order valence-electron chi connectivity index (χ0n) is 17.1. The van der Waals surface area contributed by atoms with Gasteiger partial charge in [0, 0.05) is 68.9 Å². The van der Waals surface area contributed by atoms with Crippen LogP contribution in [0.25, 0.3) is 0 Å². The average molecular weight is 372 g/mol. The van der Waals surface area contributed by atoms with Crippen molar-refractivity contribution in [2.24, 2.45) is 0 Å². The first kappa shape index (κ1) is 20.0. The van der Waals surface area contributed by atoms with Gasteiger partial charge in [-0.25, -0.2) is 0 Å². The first-order valence-electron chi connectivity index (χ1n) is 10.0. The normalized spacial score (nSPS) is 18.9. The standard InChI is InChI=1S/C21H33N5O/c1-5-26-18(4)21(17(3)23-26)15-24-10-11-25(20(14-24)9-12-27)13-19-8-6-7-16(2)22-19/h6-8,20,27H,5,9-15H2,1-4H3/t20-/m0/s1. The summed E-state index contributed by atoms with van der Waals surface area (Å²) in [5.74, 6) is 0. The fourth-order valence-corrected chi connectivity index (χ4v) is 4.12. The van der Waals surface area contributed by atoms with E-state index in [0.29, 0.717) is 6.04 Å². The summed E-state index contributed by atoms with van der Waals surface area (Å²) in [7, 11) is 0. The van der Waals surface area contributed by atoms with E-state index in [9.17, 15) is 5.11 Å². The van der Waals surface area contributed by atoms with E-state index < -0.39 is 0 Å². The number of aromatic nitrogens is 3. The Morgan fingerprint density at radius 3 is 2.63 bits per heavy atom. The zero-order chi connectivity index (χ0) is 19.4. The smallest absolute Gasteiger partial charge is 0.0641 e. The van der Waals surface area contributed by atoms with Gasteiger partial charge in [-0.15, -0.1) is 0 Å². The summed E-state index contributed by atoms with van der Waals surface area (Å²) in [6, 6.07) is 6.56. The van der Waals surface area contributed by atoms with Crippen LogP contribution >= 0.6 is 0 Å². The molecule has 0 aromatic carbocycles. The number of aliphatic hydroxyl groups is 1. The van der Waals surface area contributed by atoms with Crippen LogP contribution in [0.1, 0.15) is 41.7 Å². The number of piperazine rings is 1. The highest BCUT2D eigenvalue weighted by Crippen LogP contribution is 2.21. The average Bonchev–Trinajstić information content (AvgIpc) is 2.91. The van der Waals surface area contributed by atoms with Gasteiger partial charge in [0.2, 0.25) is 0 Å². The number of aliphatic hydroxyl groups excluding tert-OH is 1. The maximum absolute atomic E-state index is 9.57. The van der Waals surface area contributed by atoms with E-state index in [1.54, 1.807) is 0 Å². The monoisotopic (exact) mass is 371 g/mol. The Kier molecular flexibility index (Phi) is 6.63. The molecule has 2 aromatic heterocycles. The lowest BCUT2D eigenvalue weighted by molar-refractivity contribution is 0.0489. The van der Waals surface area contributed by atoms with Gasteiger partial charge in [0.15, 0.2) is 0 Å². The van der Waals surface area contributed by atoms with E-state index in [1.165, 1.54) is 11.3 Å². The molecule has 0 spiro atoms. The summed E-state index contributed by atoms with van der Waals surface area (Å²) in [6.07, 6.45) is 0.800. The van der Waals surface area contributed by atoms with Gasteiger partial charge in [-0.05, 0) is 46.2 Å². The van der Waals surface area contributed by atoms with Gasteiger partial charge in [0.25, 0.3) is 0 Å². The molecular formula is C21H33N5O. The van der Waals surface area contributed by atoms with Gasteiger partial charge in [-0.3, -0.25) is 19.5 Å². The van der Waals surface area contributed by atoms with Crippen LogP contribution in [0.5, 0.6) is 0 Å². The van der Waals surface area contributed by atoms with E-state index in [0.717, 1.165) is 62.8 Å². The lowest BCUT2D eigenvalue weighted by Crippen LogP contribution is -2.52. The molecule has 0 unspecified atom stereocenters. The lowest BCUT2D eigenvalue weighted by atomic mass is 10.1. The molecule has 27 heavy (non-hydrogen) atoms. The quantitative estimate of drug-likeness (QED) is 0.809. The Morgan fingerprint density at radius 1 is 1.15 bits per heavy atom. The number of pyridine rings is 1. The summed E-state index contributed by atoms with van der Waals surface area (Å²) >= 11 is 0. The molecule has 1 atom stereocenters. The molecule has 0 aliphatic carbocycles. The number of hydrogen-bond acceptors (Lipinski definition) is 5. The van der Waals surface area contributed by atoms with Gasteiger partial charge in [0.05, 0.1) is 11.4 Å². The van der Waals surface area contributed by atoms with Crippen LogP contribution in [0.4, 0.5) is 0 Å². The number of rotatable bonds is 7. The van der Waals surface area contributed by atoms with Crippen molar-refractivity contribution in [1.29, 1.82) is 0 Å². The van der Waals surface area contributed by atoms with Crippen molar-refractivity contribution < 1.29 is 5.11 Å². The summed E-state index contributed by atoms with van der Waals surface area (Å²) in [6.45, 7) is 14.4. The Bertz CT molecular complexity index is 757. The molecule has 0 amide bonds. The second-order valence-electron chi connectivity index (χ2n) is 7.61. The van der Waals surface area contributed by atoms with Crippen LogP contribution in [-0.2, 0) is 19.6 Å². The fourth-order valence-electron chi connectivity index (χ4n) is 4.12. The highest BCUT2D eigenvalue weighted by atomic mass is 16.3. The predicted molar refractivity (Wildman–Crippen MR) is 108 cm³/mol. The van der Waals surface area contributed by atoms with Crippen molar-refractivity contribution in [2.75, 3.05) is 26.2 Å². The van der Waals surface area contributed by atoms with Gasteiger partial charge in [0.1, 0.15) is 0 Å². The van der Waals surface area contributed by atoms with Gasteiger partial charge in [-0.2, -0.15) is 5.10 Å². The Hall–Kier alpha value is -1.76. The maximum atomic E-state index is 9.57. The van der Waals surface area contributed by atoms with E-state index in [-0.39, 0.29) is 6.61 Å². The second-order valence-corrected chi connectivity index (χ2v) is 7.61. The molecule has 1 aliphatic heterocycles. The summed E-state index contributed by atoms with van der Waals surface area (Å²) in [5.41, 5.74) is 5.94. The molecule has 1 aliphatic rings. The summed E-state index contributed by atoms with van der Waals surface area (Å²) in [4.78, 5) is 9.64. The molecule has 1 N–H and O–H groups in total. The van der Waals surface area contributed by atoms with Crippen molar-refractivity contribution in [3.63, 3.8) is 0 Å². The minimum absolute atomic E-state index is 0.224. The number of aryl methyl sites for hydroxylation is 3. The zero-order valence-corrected chi connectivity index (χ0v) is 17.1. The third-order valence-corrected chi connectivity index (χ3v) is 5.67. The first-order valence-corrected chi connectivity index (χ1v) is 10.0. The molecule has 1 fully saturated rings. The molecule has 148 valence electrons. The van der Waals surface area contributed by atoms with Crippen LogP contribution in [0, 0.1) is 20.8 Å². The topological polar surface area (TPSA) is 57.4 Å². The van der Waals surface area contributed by atoms with Gasteiger partial charge in [-0.1, -0.05) is 6.07 Å². The molecule has 2 aromatic rings. The third kappa shape index (κ3) is 4.75. The minimum Gasteiger partial charge on any atom is -0.396 e. The predicted octanol–water partition coefficient (Wildman–Crippen LogP) is 2.29. The van der Waals surface area contributed by atoms with Crippen LogP contribution < -0.4 is 0 Å². The molecule has 0 radical (unpaired) electrons. The van der Waals surface area contributed by atoms with Crippen molar-refractivity contribution in [3.05, 3.63) is 46.5 Å². The van der Waals surface area contributed by atoms with Crippen LogP contribution in [0.15, 0.2) is 18.2 Å². The SMILES string of the molecule is CCn1nc(C)c(CN2CCN(Cc3cccc(C)n3)[C@@H](CCO)C2)c1C. The molecular weight excluding hydrogens is 338 g/mol. The Balaban J connectivity index is 1.67. The van der Waals surface area contributed by atoms with Crippen molar-refractivity contribution in [3.8, 4) is 0 Å². The second kappa shape index (κ2) is 8.95. The maximum Gasteiger partial charge on any atom is 0.0641 e. The van der Waals surface area contributed by atoms with E-state index in [1.807, 2.05) is 13.0 Å². The molecule has 6 heteroatoms. The molecule has 3 rings (SSSR count). The molecule has 0 saturated carbocycles. The van der Waals surface area contributed by atoms with Crippen LogP contribution in [0.3, 0.4) is 0 Å². The fraction of sp³-hybridized carbons (Fsp3) is 0.619. The van der Waals surface area contributed by atoms with Crippen molar-refractivity contribution in [2.45, 2.75) is 59.8 Å². The van der Waals surface area contributed by atoms with Crippen LogP contribution in [-0.4, -0.2) is 62.0 Å². The molecule has 6 nitrogen and oxygen atoms in total. The Morgan fingerprint density at radius 2 is 1.96 bits per heavy atom.